The van der Waals surface area contributed by atoms with Crippen LogP contribution in [-0.4, -0.2) is 19.0 Å². The summed E-state index contributed by atoms with van der Waals surface area (Å²) in [5.41, 5.74) is 5.28. The lowest BCUT2D eigenvalue weighted by atomic mass is 9.78. The fourth-order valence-electron chi connectivity index (χ4n) is 1.32. The largest absolute Gasteiger partial charge is 0.355 e. The van der Waals surface area contributed by atoms with E-state index in [0.29, 0.717) is 0 Å². The first kappa shape index (κ1) is 8.53. The van der Waals surface area contributed by atoms with Crippen molar-refractivity contribution in [3.63, 3.8) is 0 Å². The number of hydrogen-bond acceptors (Lipinski definition) is 2. The van der Waals surface area contributed by atoms with E-state index in [1.54, 1.807) is 0 Å². The SMILES string of the molecule is CC1(CCCCN)CNC1=O. The molecule has 1 aliphatic rings. The molecule has 1 rings (SSSR count). The van der Waals surface area contributed by atoms with Gasteiger partial charge in [0, 0.05) is 6.54 Å². The van der Waals surface area contributed by atoms with Gasteiger partial charge in [0.2, 0.25) is 5.91 Å². The minimum absolute atomic E-state index is 0.0742. The van der Waals surface area contributed by atoms with E-state index in [4.69, 9.17) is 5.73 Å². The second-order valence-corrected chi connectivity index (χ2v) is 3.49. The fraction of sp³-hybridized carbons (Fsp3) is 0.875. The Hall–Kier alpha value is -0.570. The first-order valence-electron chi connectivity index (χ1n) is 4.17. The van der Waals surface area contributed by atoms with Gasteiger partial charge < -0.3 is 11.1 Å². The highest BCUT2D eigenvalue weighted by atomic mass is 16.2. The number of nitrogens with two attached hydrogens (primary N) is 1. The van der Waals surface area contributed by atoms with Crippen LogP contribution in [0.2, 0.25) is 0 Å². The molecule has 1 unspecified atom stereocenters. The minimum atomic E-state index is -0.0742. The third kappa shape index (κ3) is 1.71. The van der Waals surface area contributed by atoms with E-state index in [2.05, 4.69) is 5.32 Å². The first-order chi connectivity index (χ1) is 5.19. The summed E-state index contributed by atoms with van der Waals surface area (Å²) < 4.78 is 0. The van der Waals surface area contributed by atoms with E-state index in [9.17, 15) is 4.79 Å². The molecule has 0 aliphatic carbocycles. The topological polar surface area (TPSA) is 55.1 Å². The van der Waals surface area contributed by atoms with Gasteiger partial charge in [0.15, 0.2) is 0 Å². The summed E-state index contributed by atoms with van der Waals surface area (Å²) >= 11 is 0. The van der Waals surface area contributed by atoms with Gasteiger partial charge in [-0.3, -0.25) is 4.79 Å². The van der Waals surface area contributed by atoms with Crippen LogP contribution in [0.1, 0.15) is 26.2 Å². The average molecular weight is 156 g/mol. The van der Waals surface area contributed by atoms with Gasteiger partial charge in [-0.1, -0.05) is 6.42 Å². The zero-order valence-corrected chi connectivity index (χ0v) is 7.02. The molecule has 64 valence electrons. The molecule has 0 bridgehead atoms. The summed E-state index contributed by atoms with van der Waals surface area (Å²) in [6, 6.07) is 0. The van der Waals surface area contributed by atoms with Gasteiger partial charge in [-0.05, 0) is 26.3 Å². The van der Waals surface area contributed by atoms with E-state index in [-0.39, 0.29) is 11.3 Å². The van der Waals surface area contributed by atoms with Crippen LogP contribution in [0.15, 0.2) is 0 Å². The molecular formula is C8H16N2O. The van der Waals surface area contributed by atoms with Gasteiger partial charge in [-0.25, -0.2) is 0 Å². The summed E-state index contributed by atoms with van der Waals surface area (Å²) in [7, 11) is 0. The average Bonchev–Trinajstić information content (AvgIpc) is 2.02. The number of nitrogens with one attached hydrogen (secondary N) is 1. The molecule has 3 heteroatoms. The molecule has 3 nitrogen and oxygen atoms in total. The van der Waals surface area contributed by atoms with Crippen molar-refractivity contribution in [3.05, 3.63) is 0 Å². The van der Waals surface area contributed by atoms with Crippen LogP contribution in [0.5, 0.6) is 0 Å². The van der Waals surface area contributed by atoms with E-state index in [1.165, 1.54) is 0 Å². The number of amides is 1. The Morgan fingerprint density at radius 3 is 2.73 bits per heavy atom. The van der Waals surface area contributed by atoms with Crippen molar-refractivity contribution < 1.29 is 4.79 Å². The third-order valence-electron chi connectivity index (χ3n) is 2.37. The summed E-state index contributed by atoms with van der Waals surface area (Å²) in [4.78, 5) is 11.0. The molecule has 1 amide bonds. The van der Waals surface area contributed by atoms with Crippen molar-refractivity contribution in [1.82, 2.24) is 5.32 Å². The molecule has 1 heterocycles. The van der Waals surface area contributed by atoms with E-state index in [0.717, 1.165) is 32.4 Å². The number of carbonyl (C=O) groups is 1. The van der Waals surface area contributed by atoms with Gasteiger partial charge in [0.05, 0.1) is 5.41 Å². The van der Waals surface area contributed by atoms with Crippen molar-refractivity contribution in [2.45, 2.75) is 26.2 Å². The summed E-state index contributed by atoms with van der Waals surface area (Å²) in [5.74, 6) is 0.203. The van der Waals surface area contributed by atoms with Crippen molar-refractivity contribution >= 4 is 5.91 Å². The maximum Gasteiger partial charge on any atom is 0.227 e. The Morgan fingerprint density at radius 2 is 2.36 bits per heavy atom. The van der Waals surface area contributed by atoms with Crippen LogP contribution in [0.4, 0.5) is 0 Å². The lowest BCUT2D eigenvalue weighted by Gasteiger charge is -2.37. The zero-order chi connectivity index (χ0) is 8.32. The van der Waals surface area contributed by atoms with Crippen molar-refractivity contribution in [2.75, 3.05) is 13.1 Å². The monoisotopic (exact) mass is 156 g/mol. The van der Waals surface area contributed by atoms with Crippen molar-refractivity contribution in [2.24, 2.45) is 11.1 Å². The van der Waals surface area contributed by atoms with Crippen LogP contribution < -0.4 is 11.1 Å². The molecule has 0 aromatic carbocycles. The fourth-order valence-corrected chi connectivity index (χ4v) is 1.32. The molecule has 1 atom stereocenters. The van der Waals surface area contributed by atoms with Crippen LogP contribution in [0.3, 0.4) is 0 Å². The molecule has 0 saturated carbocycles. The van der Waals surface area contributed by atoms with Crippen molar-refractivity contribution in [1.29, 1.82) is 0 Å². The maximum atomic E-state index is 11.0. The van der Waals surface area contributed by atoms with Crippen LogP contribution in [-0.2, 0) is 4.79 Å². The first-order valence-corrected chi connectivity index (χ1v) is 4.17. The Bertz CT molecular complexity index is 158. The predicted octanol–water partition coefficient (Wildman–Crippen LogP) is 0.252. The van der Waals surface area contributed by atoms with Crippen molar-refractivity contribution in [3.8, 4) is 0 Å². The molecule has 0 aromatic rings. The smallest absolute Gasteiger partial charge is 0.227 e. The van der Waals surface area contributed by atoms with Gasteiger partial charge in [0.1, 0.15) is 0 Å². The van der Waals surface area contributed by atoms with Crippen LogP contribution in [0, 0.1) is 5.41 Å². The molecule has 0 radical (unpaired) electrons. The molecule has 1 fully saturated rings. The molecular weight excluding hydrogens is 140 g/mol. The van der Waals surface area contributed by atoms with E-state index in [1.807, 2.05) is 6.92 Å². The molecule has 1 aliphatic heterocycles. The third-order valence-corrected chi connectivity index (χ3v) is 2.37. The molecule has 11 heavy (non-hydrogen) atoms. The van der Waals surface area contributed by atoms with E-state index >= 15 is 0 Å². The number of rotatable bonds is 4. The van der Waals surface area contributed by atoms with Gasteiger partial charge in [-0.2, -0.15) is 0 Å². The Balaban J connectivity index is 2.19. The minimum Gasteiger partial charge on any atom is -0.355 e. The Morgan fingerprint density at radius 1 is 1.64 bits per heavy atom. The quantitative estimate of drug-likeness (QED) is 0.453. The second-order valence-electron chi connectivity index (χ2n) is 3.49. The Kier molecular flexibility index (Phi) is 2.49. The normalized spacial score (nSPS) is 29.5. The highest BCUT2D eigenvalue weighted by Crippen LogP contribution is 2.29. The molecule has 1 saturated heterocycles. The summed E-state index contributed by atoms with van der Waals surface area (Å²) in [6.45, 7) is 3.59. The number of hydrogen-bond donors (Lipinski definition) is 2. The second kappa shape index (κ2) is 3.22. The molecule has 3 N–H and O–H groups in total. The maximum absolute atomic E-state index is 11.0. The summed E-state index contributed by atoms with van der Waals surface area (Å²) in [5, 5.41) is 2.76. The number of β-lactam (4-membered cyclic amide) rings is 1. The molecule has 0 aromatic heterocycles. The van der Waals surface area contributed by atoms with Gasteiger partial charge in [0.25, 0.3) is 0 Å². The summed E-state index contributed by atoms with van der Waals surface area (Å²) in [6.07, 6.45) is 3.08. The molecule has 0 spiro atoms. The highest BCUT2D eigenvalue weighted by molar-refractivity contribution is 5.88. The van der Waals surface area contributed by atoms with Gasteiger partial charge in [-0.15, -0.1) is 0 Å². The standard InChI is InChI=1S/C8H16N2O/c1-8(4-2-3-5-9)6-10-7(8)11/h2-6,9H2,1H3,(H,10,11). The van der Waals surface area contributed by atoms with Crippen LogP contribution in [0.25, 0.3) is 0 Å². The van der Waals surface area contributed by atoms with Gasteiger partial charge >= 0.3 is 0 Å². The number of carbonyl (C=O) groups excluding carboxylic acids is 1. The number of unbranched alkanes of at least 4 members (excludes halogenated alkanes) is 1. The van der Waals surface area contributed by atoms with Crippen LogP contribution >= 0.6 is 0 Å². The predicted molar refractivity (Wildman–Crippen MR) is 44.0 cm³/mol. The Labute approximate surface area is 67.3 Å². The lowest BCUT2D eigenvalue weighted by molar-refractivity contribution is -0.139. The van der Waals surface area contributed by atoms with E-state index < -0.39 is 0 Å². The zero-order valence-electron chi connectivity index (χ0n) is 7.02. The highest BCUT2D eigenvalue weighted by Gasteiger charge is 2.40. The lowest BCUT2D eigenvalue weighted by Crippen LogP contribution is -2.57.